The SMILES string of the molecule is O=C1[C@H]2NN3C=Cc4ccccc4C3[C@H]2C(=O)N1c1ccccc1. The van der Waals surface area contributed by atoms with E-state index >= 15 is 0 Å². The molecule has 5 nitrogen and oxygen atoms in total. The summed E-state index contributed by atoms with van der Waals surface area (Å²) in [5, 5.41) is 1.90. The van der Waals surface area contributed by atoms with Gasteiger partial charge >= 0.3 is 0 Å². The molecule has 3 heterocycles. The molecule has 0 bridgehead atoms. The van der Waals surface area contributed by atoms with Gasteiger partial charge in [-0.05, 0) is 29.3 Å². The van der Waals surface area contributed by atoms with Gasteiger partial charge in [0, 0.05) is 6.20 Å². The van der Waals surface area contributed by atoms with Crippen LogP contribution in [0.25, 0.3) is 6.08 Å². The van der Waals surface area contributed by atoms with Gasteiger partial charge in [-0.2, -0.15) is 0 Å². The van der Waals surface area contributed by atoms with Crippen molar-refractivity contribution in [3.63, 3.8) is 0 Å². The van der Waals surface area contributed by atoms with Gasteiger partial charge in [-0.15, -0.1) is 0 Å². The molecule has 1 unspecified atom stereocenters. The summed E-state index contributed by atoms with van der Waals surface area (Å²) in [7, 11) is 0. The fourth-order valence-corrected chi connectivity index (χ4v) is 3.96. The minimum Gasteiger partial charge on any atom is -0.306 e. The van der Waals surface area contributed by atoms with Crippen LogP contribution in [-0.4, -0.2) is 22.9 Å². The molecule has 3 aliphatic heterocycles. The molecular weight excluding hydrogens is 302 g/mol. The number of rotatable bonds is 1. The summed E-state index contributed by atoms with van der Waals surface area (Å²) in [6.45, 7) is 0. The molecule has 3 aliphatic rings. The Morgan fingerprint density at radius 3 is 2.46 bits per heavy atom. The fraction of sp³-hybridized carbons (Fsp3) is 0.158. The molecule has 2 amide bonds. The van der Waals surface area contributed by atoms with E-state index in [0.717, 1.165) is 11.1 Å². The quantitative estimate of drug-likeness (QED) is 0.818. The van der Waals surface area contributed by atoms with E-state index in [1.807, 2.05) is 59.7 Å². The highest BCUT2D eigenvalue weighted by Gasteiger charge is 2.58. The zero-order valence-corrected chi connectivity index (χ0v) is 12.8. The van der Waals surface area contributed by atoms with E-state index in [-0.39, 0.29) is 17.9 Å². The first-order valence-corrected chi connectivity index (χ1v) is 8.00. The van der Waals surface area contributed by atoms with Crippen LogP contribution in [0.1, 0.15) is 17.2 Å². The minimum atomic E-state index is -0.515. The van der Waals surface area contributed by atoms with Crippen LogP contribution >= 0.6 is 0 Å². The van der Waals surface area contributed by atoms with E-state index in [0.29, 0.717) is 5.69 Å². The molecule has 0 saturated carbocycles. The van der Waals surface area contributed by atoms with Crippen molar-refractivity contribution in [1.82, 2.24) is 10.4 Å². The molecule has 24 heavy (non-hydrogen) atoms. The standard InChI is InChI=1S/C19H15N3O2/c23-18-15-16(19(24)22(18)13-7-2-1-3-8-13)20-21-11-10-12-6-4-5-9-14(12)17(15)21/h1-11,15-17,20H/t15-,16-,17?/m0/s1. The molecule has 5 rings (SSSR count). The van der Waals surface area contributed by atoms with Crippen molar-refractivity contribution in [3.05, 3.63) is 71.9 Å². The zero-order chi connectivity index (χ0) is 16.3. The van der Waals surface area contributed by atoms with Gasteiger partial charge in [-0.25, -0.2) is 10.3 Å². The van der Waals surface area contributed by atoms with Crippen molar-refractivity contribution < 1.29 is 9.59 Å². The summed E-state index contributed by atoms with van der Waals surface area (Å²) < 4.78 is 0. The maximum absolute atomic E-state index is 13.1. The molecule has 0 aromatic heterocycles. The van der Waals surface area contributed by atoms with E-state index < -0.39 is 12.0 Å². The predicted octanol–water partition coefficient (Wildman–Crippen LogP) is 2.09. The Balaban J connectivity index is 1.59. The highest BCUT2D eigenvalue weighted by atomic mass is 16.2. The maximum Gasteiger partial charge on any atom is 0.253 e. The van der Waals surface area contributed by atoms with Crippen LogP contribution < -0.4 is 10.3 Å². The van der Waals surface area contributed by atoms with Gasteiger partial charge in [0.05, 0.1) is 17.6 Å². The number of nitrogens with zero attached hydrogens (tertiary/aromatic N) is 2. The van der Waals surface area contributed by atoms with E-state index in [1.54, 1.807) is 12.1 Å². The van der Waals surface area contributed by atoms with Gasteiger partial charge in [0.1, 0.15) is 6.04 Å². The summed E-state index contributed by atoms with van der Waals surface area (Å²) >= 11 is 0. The molecule has 0 radical (unpaired) electrons. The van der Waals surface area contributed by atoms with Gasteiger partial charge < -0.3 is 5.01 Å². The number of amides is 2. The number of fused-ring (bicyclic) bond motifs is 5. The van der Waals surface area contributed by atoms with E-state index in [1.165, 1.54) is 4.90 Å². The van der Waals surface area contributed by atoms with Crippen molar-refractivity contribution in [2.24, 2.45) is 5.92 Å². The molecule has 5 heteroatoms. The first-order chi connectivity index (χ1) is 11.8. The van der Waals surface area contributed by atoms with Crippen LogP contribution in [0.4, 0.5) is 5.69 Å². The van der Waals surface area contributed by atoms with Gasteiger partial charge in [0.2, 0.25) is 5.91 Å². The number of hydrazine groups is 1. The molecular formula is C19H15N3O2. The van der Waals surface area contributed by atoms with Crippen molar-refractivity contribution in [1.29, 1.82) is 0 Å². The Kier molecular flexibility index (Phi) is 2.69. The first kappa shape index (κ1) is 13.5. The predicted molar refractivity (Wildman–Crippen MR) is 89.4 cm³/mol. The summed E-state index contributed by atoms with van der Waals surface area (Å²) in [4.78, 5) is 27.2. The second-order valence-electron chi connectivity index (χ2n) is 6.28. The lowest BCUT2D eigenvalue weighted by Crippen LogP contribution is -2.42. The average molecular weight is 317 g/mol. The van der Waals surface area contributed by atoms with Crippen LogP contribution in [0.2, 0.25) is 0 Å². The number of carbonyl (C=O) groups is 2. The number of hydrogen-bond acceptors (Lipinski definition) is 4. The summed E-state index contributed by atoms with van der Waals surface area (Å²) in [5.41, 5.74) is 6.02. The third kappa shape index (κ3) is 1.67. The number of carbonyl (C=O) groups excluding carboxylic acids is 2. The number of anilines is 1. The number of para-hydroxylation sites is 1. The van der Waals surface area contributed by atoms with Crippen LogP contribution in [0, 0.1) is 5.92 Å². The van der Waals surface area contributed by atoms with Gasteiger partial charge in [0.15, 0.2) is 0 Å². The van der Waals surface area contributed by atoms with Crippen LogP contribution in [0.3, 0.4) is 0 Å². The Morgan fingerprint density at radius 2 is 1.62 bits per heavy atom. The summed E-state index contributed by atoms with van der Waals surface area (Å²) in [5.74, 6) is -0.735. The summed E-state index contributed by atoms with van der Waals surface area (Å²) in [6, 6.07) is 16.5. The number of hydrogen-bond donors (Lipinski definition) is 1. The molecule has 1 N–H and O–H groups in total. The lowest BCUT2D eigenvalue weighted by Gasteiger charge is -2.31. The largest absolute Gasteiger partial charge is 0.306 e. The molecule has 118 valence electrons. The van der Waals surface area contributed by atoms with Gasteiger partial charge in [0.25, 0.3) is 5.91 Å². The first-order valence-electron chi connectivity index (χ1n) is 8.00. The minimum absolute atomic E-state index is 0.138. The van der Waals surface area contributed by atoms with Crippen molar-refractivity contribution >= 4 is 23.6 Å². The molecule has 2 aromatic rings. The molecule has 2 saturated heterocycles. The molecule has 0 aliphatic carbocycles. The Morgan fingerprint density at radius 1 is 0.875 bits per heavy atom. The van der Waals surface area contributed by atoms with Crippen LogP contribution in [-0.2, 0) is 9.59 Å². The Bertz CT molecular complexity index is 877. The van der Waals surface area contributed by atoms with E-state index in [9.17, 15) is 9.59 Å². The Hall–Kier alpha value is -2.92. The van der Waals surface area contributed by atoms with Crippen molar-refractivity contribution in [3.8, 4) is 0 Å². The van der Waals surface area contributed by atoms with Crippen LogP contribution in [0.5, 0.6) is 0 Å². The molecule has 3 atom stereocenters. The monoisotopic (exact) mass is 317 g/mol. The highest BCUT2D eigenvalue weighted by molar-refractivity contribution is 6.24. The normalized spacial score (nSPS) is 27.2. The lowest BCUT2D eigenvalue weighted by atomic mass is 9.87. The lowest BCUT2D eigenvalue weighted by molar-refractivity contribution is -0.123. The number of benzene rings is 2. The number of nitrogens with one attached hydrogen (secondary N) is 1. The topological polar surface area (TPSA) is 52.7 Å². The maximum atomic E-state index is 13.1. The van der Waals surface area contributed by atoms with Gasteiger partial charge in [-0.3, -0.25) is 9.59 Å². The summed E-state index contributed by atoms with van der Waals surface area (Å²) in [6.07, 6.45) is 3.92. The third-order valence-corrected chi connectivity index (χ3v) is 5.02. The second-order valence-corrected chi connectivity index (χ2v) is 6.28. The molecule has 2 aromatic carbocycles. The highest BCUT2D eigenvalue weighted by Crippen LogP contribution is 2.45. The van der Waals surface area contributed by atoms with E-state index in [2.05, 4.69) is 5.43 Å². The van der Waals surface area contributed by atoms with E-state index in [4.69, 9.17) is 0 Å². The van der Waals surface area contributed by atoms with Gasteiger partial charge in [-0.1, -0.05) is 42.5 Å². The van der Waals surface area contributed by atoms with Crippen molar-refractivity contribution in [2.45, 2.75) is 12.1 Å². The molecule has 0 spiro atoms. The number of imide groups is 1. The average Bonchev–Trinajstić information content (AvgIpc) is 3.12. The van der Waals surface area contributed by atoms with Crippen molar-refractivity contribution in [2.75, 3.05) is 4.90 Å². The fourth-order valence-electron chi connectivity index (χ4n) is 3.96. The third-order valence-electron chi connectivity index (χ3n) is 5.02. The second kappa shape index (κ2) is 4.79. The van der Waals surface area contributed by atoms with Crippen LogP contribution in [0.15, 0.2) is 60.8 Å². The smallest absolute Gasteiger partial charge is 0.253 e. The Labute approximate surface area is 139 Å². The molecule has 2 fully saturated rings. The zero-order valence-electron chi connectivity index (χ0n) is 12.8.